The van der Waals surface area contributed by atoms with Crippen LogP contribution >= 0.6 is 0 Å². The van der Waals surface area contributed by atoms with Gasteiger partial charge in [0.1, 0.15) is 5.75 Å². The minimum atomic E-state index is -7.58. The molecule has 1 rings (SSSR count). The van der Waals surface area contributed by atoms with E-state index in [1.807, 2.05) is 0 Å². The molecule has 0 N–H and O–H groups in total. The molecule has 1 nitrogen and oxygen atoms in total. The van der Waals surface area contributed by atoms with Crippen molar-refractivity contribution in [2.24, 2.45) is 0 Å². The van der Waals surface area contributed by atoms with E-state index in [2.05, 4.69) is 0 Å². The Balaban J connectivity index is 3.79. The zero-order chi connectivity index (χ0) is 19.8. The molecule has 16 heteroatoms. The first-order valence-corrected chi connectivity index (χ1v) is 6.48. The molecule has 1 fully saturated rings. The maximum Gasteiger partial charge on any atom is 0.400 e. The molecular formula is C8H2F14OS. The Morgan fingerprint density at radius 3 is 1.08 bits per heavy atom. The number of rotatable bonds is 2. The van der Waals surface area contributed by atoms with E-state index in [-0.39, 0.29) is 0 Å². The maximum atomic E-state index is 13.8. The molecule has 1 saturated carbocycles. The molecule has 0 aromatic heterocycles. The predicted molar refractivity (Wildman–Crippen MR) is 47.6 cm³/mol. The first-order valence-electron chi connectivity index (χ1n) is 5.16. The first-order chi connectivity index (χ1) is 10.1. The molecule has 0 radical (unpaired) electrons. The molecular weight excluding hydrogens is 410 g/mol. The van der Waals surface area contributed by atoms with Crippen molar-refractivity contribution in [3.63, 3.8) is 0 Å². The van der Waals surface area contributed by atoms with Crippen LogP contribution in [0.4, 0.5) is 61.5 Å². The molecule has 0 aliphatic heterocycles. The highest BCUT2D eigenvalue weighted by molar-refractivity contribution is 7.86. The highest BCUT2D eigenvalue weighted by atomic mass is 32.2. The standard InChI is InChI=1S/C8H2F14OS/c9-2(10,11)1-24(23)8(22)6(18,19)4(14,15)3(12,13)5(16,17)7(8,20)21/h1H2. The van der Waals surface area contributed by atoms with Crippen molar-refractivity contribution < 1.29 is 65.7 Å². The van der Waals surface area contributed by atoms with E-state index >= 15 is 0 Å². The van der Waals surface area contributed by atoms with Gasteiger partial charge in [0.25, 0.3) is 0 Å². The van der Waals surface area contributed by atoms with Crippen molar-refractivity contribution in [1.29, 1.82) is 0 Å². The van der Waals surface area contributed by atoms with Crippen molar-refractivity contribution in [2.75, 3.05) is 5.75 Å². The Labute approximate surface area is 124 Å². The summed E-state index contributed by atoms with van der Waals surface area (Å²) in [5.74, 6) is -41.3. The lowest BCUT2D eigenvalue weighted by Gasteiger charge is -2.51. The second-order valence-corrected chi connectivity index (χ2v) is 6.11. The molecule has 0 amide bonds. The molecule has 0 aromatic rings. The molecule has 0 heterocycles. The van der Waals surface area contributed by atoms with Gasteiger partial charge < -0.3 is 0 Å². The summed E-state index contributed by atoms with van der Waals surface area (Å²) in [5, 5.41) is -7.13. The lowest BCUT2D eigenvalue weighted by atomic mass is 9.80. The molecule has 0 spiro atoms. The van der Waals surface area contributed by atoms with Crippen molar-refractivity contribution in [2.45, 2.75) is 40.8 Å². The average molecular weight is 412 g/mol. The van der Waals surface area contributed by atoms with Crippen LogP contribution in [0.1, 0.15) is 0 Å². The highest BCUT2D eigenvalue weighted by Gasteiger charge is 3.02. The molecule has 1 aliphatic carbocycles. The zero-order valence-electron chi connectivity index (χ0n) is 10.3. The fourth-order valence-corrected chi connectivity index (χ4v) is 3.05. The van der Waals surface area contributed by atoms with Gasteiger partial charge in [-0.25, -0.2) is 4.39 Å². The van der Waals surface area contributed by atoms with Gasteiger partial charge in [-0.3, -0.25) is 4.21 Å². The van der Waals surface area contributed by atoms with Gasteiger partial charge in [0.05, 0.1) is 10.8 Å². The van der Waals surface area contributed by atoms with Gasteiger partial charge in [-0.1, -0.05) is 0 Å². The summed E-state index contributed by atoms with van der Waals surface area (Å²) >= 11 is 0. The van der Waals surface area contributed by atoms with Crippen molar-refractivity contribution >= 4 is 10.8 Å². The predicted octanol–water partition coefficient (Wildman–Crippen LogP) is 4.15. The van der Waals surface area contributed by atoms with Crippen LogP contribution in [0.15, 0.2) is 0 Å². The molecule has 1 aliphatic rings. The Hall–Kier alpha value is -0.830. The molecule has 0 bridgehead atoms. The van der Waals surface area contributed by atoms with Crippen LogP contribution in [0, 0.1) is 0 Å². The van der Waals surface area contributed by atoms with Gasteiger partial charge in [-0.15, -0.1) is 0 Å². The molecule has 0 saturated heterocycles. The third kappa shape index (κ3) is 2.09. The Bertz CT molecular complexity index is 517. The number of halogens is 14. The Morgan fingerprint density at radius 2 is 0.833 bits per heavy atom. The summed E-state index contributed by atoms with van der Waals surface area (Å²) in [7, 11) is -5.49. The largest absolute Gasteiger partial charge is 0.400 e. The van der Waals surface area contributed by atoms with Crippen molar-refractivity contribution in [3.05, 3.63) is 0 Å². The fourth-order valence-electron chi connectivity index (χ4n) is 1.73. The highest BCUT2D eigenvalue weighted by Crippen LogP contribution is 2.70. The quantitative estimate of drug-likeness (QED) is 0.623. The summed E-state index contributed by atoms with van der Waals surface area (Å²) < 4.78 is 190. The molecule has 1 atom stereocenters. The van der Waals surface area contributed by atoms with Crippen LogP contribution in [0.2, 0.25) is 0 Å². The van der Waals surface area contributed by atoms with E-state index in [9.17, 15) is 65.7 Å². The second kappa shape index (κ2) is 4.87. The summed E-state index contributed by atoms with van der Waals surface area (Å²) in [6.45, 7) is 0. The number of hydrogen-bond acceptors (Lipinski definition) is 1. The normalized spacial score (nSPS) is 30.6. The van der Waals surface area contributed by atoms with Crippen LogP contribution in [0.3, 0.4) is 0 Å². The van der Waals surface area contributed by atoms with Crippen LogP contribution in [0.25, 0.3) is 0 Å². The summed E-state index contributed by atoms with van der Waals surface area (Å²) in [6, 6.07) is 0. The van der Waals surface area contributed by atoms with Gasteiger partial charge in [-0.2, -0.15) is 57.1 Å². The SMILES string of the molecule is O=S(CC(F)(F)F)C1(F)C(F)(F)C(F)(F)C(F)(F)C(F)(F)C1(F)F. The minimum absolute atomic E-state index is 3.49. The van der Waals surface area contributed by atoms with E-state index in [4.69, 9.17) is 0 Å². The van der Waals surface area contributed by atoms with Crippen LogP contribution in [0.5, 0.6) is 0 Å². The van der Waals surface area contributed by atoms with E-state index in [0.29, 0.717) is 0 Å². The zero-order valence-corrected chi connectivity index (χ0v) is 11.1. The molecule has 0 aromatic carbocycles. The molecule has 1 unspecified atom stereocenters. The van der Waals surface area contributed by atoms with E-state index in [0.717, 1.165) is 0 Å². The van der Waals surface area contributed by atoms with Gasteiger partial charge in [-0.05, 0) is 0 Å². The molecule has 144 valence electrons. The lowest BCUT2D eigenvalue weighted by molar-refractivity contribution is -0.469. The van der Waals surface area contributed by atoms with Gasteiger partial charge in [0.15, 0.2) is 0 Å². The second-order valence-electron chi connectivity index (χ2n) is 4.57. The molecule has 24 heavy (non-hydrogen) atoms. The first kappa shape index (κ1) is 21.2. The smallest absolute Gasteiger partial charge is 0.255 e. The van der Waals surface area contributed by atoms with Crippen molar-refractivity contribution in [3.8, 4) is 0 Å². The Kier molecular flexibility index (Phi) is 4.30. The van der Waals surface area contributed by atoms with E-state index < -0.39 is 57.3 Å². The van der Waals surface area contributed by atoms with Gasteiger partial charge in [0, 0.05) is 0 Å². The Morgan fingerprint density at radius 1 is 0.583 bits per heavy atom. The third-order valence-electron chi connectivity index (χ3n) is 2.99. The van der Waals surface area contributed by atoms with Gasteiger partial charge >= 0.3 is 40.8 Å². The topological polar surface area (TPSA) is 17.1 Å². The number of hydrogen-bond donors (Lipinski definition) is 0. The van der Waals surface area contributed by atoms with Gasteiger partial charge in [0.2, 0.25) is 0 Å². The summed E-state index contributed by atoms with van der Waals surface area (Å²) in [4.78, 5) is 0. The van der Waals surface area contributed by atoms with Crippen molar-refractivity contribution in [1.82, 2.24) is 0 Å². The van der Waals surface area contributed by atoms with Crippen LogP contribution in [-0.2, 0) is 10.8 Å². The van der Waals surface area contributed by atoms with Crippen LogP contribution < -0.4 is 0 Å². The fraction of sp³-hybridized carbons (Fsp3) is 1.00. The monoisotopic (exact) mass is 412 g/mol. The van der Waals surface area contributed by atoms with Crippen LogP contribution in [-0.4, -0.2) is 50.8 Å². The lowest BCUT2D eigenvalue weighted by Crippen LogP contribution is -2.84. The number of alkyl halides is 14. The third-order valence-corrected chi connectivity index (χ3v) is 4.72. The van der Waals surface area contributed by atoms with E-state index in [1.165, 1.54) is 0 Å². The minimum Gasteiger partial charge on any atom is -0.255 e. The maximum absolute atomic E-state index is 13.8. The van der Waals surface area contributed by atoms with E-state index in [1.54, 1.807) is 0 Å². The summed E-state index contributed by atoms with van der Waals surface area (Å²) in [6.07, 6.45) is -6.01. The summed E-state index contributed by atoms with van der Waals surface area (Å²) in [5.41, 5.74) is 0. The average Bonchev–Trinajstić information content (AvgIpc) is 2.32.